The Morgan fingerprint density at radius 3 is 3.00 bits per heavy atom. The van der Waals surface area contributed by atoms with E-state index < -0.39 is 0 Å². The van der Waals surface area contributed by atoms with Gasteiger partial charge in [-0.05, 0) is 24.5 Å². The highest BCUT2D eigenvalue weighted by Crippen LogP contribution is 2.22. The largest absolute Gasteiger partial charge is 0.338 e. The third-order valence-electron chi connectivity index (χ3n) is 4.33. The monoisotopic (exact) mass is 284 g/mol. The molecule has 5 nitrogen and oxygen atoms in total. The maximum Gasteiger partial charge on any atom is 0.256 e. The highest BCUT2D eigenvalue weighted by Gasteiger charge is 2.29. The number of piperidine rings is 1. The fourth-order valence-electron chi connectivity index (χ4n) is 3.00. The standard InChI is InChI=1S/C16H20N4O/c1-2-11-10-20(9-6-13(11)17)16(21)12-4-3-5-14-15(12)19-8-7-18-14/h3-5,7-8,11,13H,2,6,9-10,17H2,1H3. The minimum atomic E-state index is 0.0338. The molecule has 0 spiro atoms. The van der Waals surface area contributed by atoms with Crippen LogP contribution in [0.3, 0.4) is 0 Å². The van der Waals surface area contributed by atoms with E-state index in [2.05, 4.69) is 16.9 Å². The normalized spacial score (nSPS) is 22.5. The Bertz CT molecular complexity index is 652. The van der Waals surface area contributed by atoms with Crippen molar-refractivity contribution in [3.05, 3.63) is 36.2 Å². The average Bonchev–Trinajstić information content (AvgIpc) is 2.54. The van der Waals surface area contributed by atoms with E-state index in [-0.39, 0.29) is 11.9 Å². The number of hydrogen-bond acceptors (Lipinski definition) is 4. The molecule has 1 aliphatic heterocycles. The van der Waals surface area contributed by atoms with Gasteiger partial charge in [0.05, 0.1) is 11.1 Å². The third-order valence-corrected chi connectivity index (χ3v) is 4.33. The molecule has 21 heavy (non-hydrogen) atoms. The number of benzene rings is 1. The van der Waals surface area contributed by atoms with E-state index in [4.69, 9.17) is 5.73 Å². The van der Waals surface area contributed by atoms with Crippen molar-refractivity contribution in [2.24, 2.45) is 11.7 Å². The molecule has 3 rings (SSSR count). The van der Waals surface area contributed by atoms with Crippen LogP contribution in [0.15, 0.2) is 30.6 Å². The fraction of sp³-hybridized carbons (Fsp3) is 0.438. The molecule has 0 bridgehead atoms. The maximum absolute atomic E-state index is 12.8. The van der Waals surface area contributed by atoms with Crippen LogP contribution in [0.2, 0.25) is 0 Å². The molecule has 1 saturated heterocycles. The molecule has 0 aliphatic carbocycles. The minimum absolute atomic E-state index is 0.0338. The van der Waals surface area contributed by atoms with Gasteiger partial charge in [-0.15, -0.1) is 0 Å². The van der Waals surface area contributed by atoms with Gasteiger partial charge in [0.1, 0.15) is 5.52 Å². The van der Waals surface area contributed by atoms with E-state index in [0.29, 0.717) is 23.5 Å². The first-order valence-corrected chi connectivity index (χ1v) is 7.45. The number of aromatic nitrogens is 2. The summed E-state index contributed by atoms with van der Waals surface area (Å²) in [6, 6.07) is 5.76. The van der Waals surface area contributed by atoms with E-state index in [1.54, 1.807) is 12.4 Å². The van der Waals surface area contributed by atoms with Crippen molar-refractivity contribution >= 4 is 16.9 Å². The molecule has 2 heterocycles. The first-order valence-electron chi connectivity index (χ1n) is 7.45. The topological polar surface area (TPSA) is 72.1 Å². The second-order valence-electron chi connectivity index (χ2n) is 5.60. The summed E-state index contributed by atoms with van der Waals surface area (Å²) in [5, 5.41) is 0. The third kappa shape index (κ3) is 2.61. The maximum atomic E-state index is 12.8. The lowest BCUT2D eigenvalue weighted by atomic mass is 9.90. The van der Waals surface area contributed by atoms with Crippen LogP contribution in [0.25, 0.3) is 11.0 Å². The van der Waals surface area contributed by atoms with Gasteiger partial charge in [-0.2, -0.15) is 0 Å². The summed E-state index contributed by atoms with van der Waals surface area (Å²) in [6.45, 7) is 3.57. The van der Waals surface area contributed by atoms with E-state index in [0.717, 1.165) is 24.9 Å². The molecule has 1 aliphatic rings. The molecule has 0 saturated carbocycles. The van der Waals surface area contributed by atoms with Crippen LogP contribution >= 0.6 is 0 Å². The Hall–Kier alpha value is -2.01. The Balaban J connectivity index is 1.90. The molecule has 1 aromatic carbocycles. The van der Waals surface area contributed by atoms with Crippen LogP contribution in [0.4, 0.5) is 0 Å². The SMILES string of the molecule is CCC1CN(C(=O)c2cccc3nccnc23)CCC1N. The number of amides is 1. The van der Waals surface area contributed by atoms with Gasteiger partial charge >= 0.3 is 0 Å². The molecule has 1 amide bonds. The summed E-state index contributed by atoms with van der Waals surface area (Å²) in [7, 11) is 0. The summed E-state index contributed by atoms with van der Waals surface area (Å²) in [6.07, 6.45) is 5.13. The van der Waals surface area contributed by atoms with Crippen molar-refractivity contribution in [3.63, 3.8) is 0 Å². The molecule has 110 valence electrons. The molecule has 1 aromatic heterocycles. The van der Waals surface area contributed by atoms with Crippen LogP contribution in [-0.2, 0) is 0 Å². The van der Waals surface area contributed by atoms with Crippen LogP contribution in [0.5, 0.6) is 0 Å². The number of nitrogens with two attached hydrogens (primary N) is 1. The van der Waals surface area contributed by atoms with Crippen molar-refractivity contribution in [1.82, 2.24) is 14.9 Å². The van der Waals surface area contributed by atoms with E-state index >= 15 is 0 Å². The highest BCUT2D eigenvalue weighted by molar-refractivity contribution is 6.04. The highest BCUT2D eigenvalue weighted by atomic mass is 16.2. The van der Waals surface area contributed by atoms with Crippen molar-refractivity contribution in [2.75, 3.05) is 13.1 Å². The summed E-state index contributed by atoms with van der Waals surface area (Å²) >= 11 is 0. The van der Waals surface area contributed by atoms with Crippen LogP contribution < -0.4 is 5.73 Å². The molecule has 2 aromatic rings. The Kier molecular flexibility index (Phi) is 3.84. The van der Waals surface area contributed by atoms with E-state index in [9.17, 15) is 4.79 Å². The minimum Gasteiger partial charge on any atom is -0.338 e. The average molecular weight is 284 g/mol. The molecule has 2 unspecified atom stereocenters. The summed E-state index contributed by atoms with van der Waals surface area (Å²) in [5.74, 6) is 0.412. The van der Waals surface area contributed by atoms with Crippen LogP contribution in [-0.4, -0.2) is 39.9 Å². The number of likely N-dealkylation sites (tertiary alicyclic amines) is 1. The molecule has 2 atom stereocenters. The van der Waals surface area contributed by atoms with Gasteiger partial charge in [0, 0.05) is 31.5 Å². The van der Waals surface area contributed by atoms with E-state index in [1.807, 2.05) is 23.1 Å². The van der Waals surface area contributed by atoms with Gasteiger partial charge in [0.25, 0.3) is 5.91 Å². The second kappa shape index (κ2) is 5.77. The number of carbonyl (C=O) groups is 1. The van der Waals surface area contributed by atoms with Crippen molar-refractivity contribution in [2.45, 2.75) is 25.8 Å². The smallest absolute Gasteiger partial charge is 0.256 e. The summed E-state index contributed by atoms with van der Waals surface area (Å²) < 4.78 is 0. The number of fused-ring (bicyclic) bond motifs is 1. The zero-order valence-corrected chi connectivity index (χ0v) is 12.2. The zero-order valence-electron chi connectivity index (χ0n) is 12.2. The Labute approximate surface area is 124 Å². The van der Waals surface area contributed by atoms with Gasteiger partial charge in [-0.25, -0.2) is 0 Å². The Morgan fingerprint density at radius 2 is 2.19 bits per heavy atom. The van der Waals surface area contributed by atoms with Gasteiger partial charge in [0.2, 0.25) is 0 Å². The fourth-order valence-corrected chi connectivity index (χ4v) is 3.00. The van der Waals surface area contributed by atoms with Gasteiger partial charge < -0.3 is 10.6 Å². The number of carbonyl (C=O) groups excluding carboxylic acids is 1. The second-order valence-corrected chi connectivity index (χ2v) is 5.60. The van der Waals surface area contributed by atoms with Gasteiger partial charge in [0.15, 0.2) is 0 Å². The molecule has 5 heteroatoms. The van der Waals surface area contributed by atoms with Crippen molar-refractivity contribution in [1.29, 1.82) is 0 Å². The predicted molar refractivity (Wildman–Crippen MR) is 81.8 cm³/mol. The van der Waals surface area contributed by atoms with Crippen LogP contribution in [0, 0.1) is 5.92 Å². The van der Waals surface area contributed by atoms with Gasteiger partial charge in [-0.1, -0.05) is 19.4 Å². The predicted octanol–water partition coefficient (Wildman–Crippen LogP) is 1.83. The van der Waals surface area contributed by atoms with Crippen LogP contribution in [0.1, 0.15) is 30.1 Å². The molecule has 1 fully saturated rings. The lowest BCUT2D eigenvalue weighted by Gasteiger charge is -2.36. The number of para-hydroxylation sites is 1. The number of nitrogens with zero attached hydrogens (tertiary/aromatic N) is 3. The number of rotatable bonds is 2. The lowest BCUT2D eigenvalue weighted by molar-refractivity contribution is 0.0651. The zero-order chi connectivity index (χ0) is 14.8. The molecular weight excluding hydrogens is 264 g/mol. The summed E-state index contributed by atoms with van der Waals surface area (Å²) in [4.78, 5) is 23.3. The van der Waals surface area contributed by atoms with Crippen molar-refractivity contribution < 1.29 is 4.79 Å². The number of hydrogen-bond donors (Lipinski definition) is 1. The molecule has 0 radical (unpaired) electrons. The van der Waals surface area contributed by atoms with Gasteiger partial charge in [-0.3, -0.25) is 14.8 Å². The van der Waals surface area contributed by atoms with Crippen molar-refractivity contribution in [3.8, 4) is 0 Å². The van der Waals surface area contributed by atoms with E-state index in [1.165, 1.54) is 0 Å². The Morgan fingerprint density at radius 1 is 1.38 bits per heavy atom. The quantitative estimate of drug-likeness (QED) is 0.913. The summed E-state index contributed by atoms with van der Waals surface area (Å²) in [5.41, 5.74) is 8.18. The first-order chi connectivity index (χ1) is 10.2. The first kappa shape index (κ1) is 13.9. The molecular formula is C16H20N4O. The lowest BCUT2D eigenvalue weighted by Crippen LogP contribution is -2.49. The molecule has 2 N–H and O–H groups in total.